The lowest BCUT2D eigenvalue weighted by Crippen LogP contribution is -1.86. The summed E-state index contributed by atoms with van der Waals surface area (Å²) in [5.41, 5.74) is 9.96. The molecule has 0 aliphatic carbocycles. The highest BCUT2D eigenvalue weighted by molar-refractivity contribution is 5.73. The maximum absolute atomic E-state index is 3.59. The topological polar surface area (TPSA) is 0 Å². The van der Waals surface area contributed by atoms with E-state index in [-0.39, 0.29) is 0 Å². The zero-order chi connectivity index (χ0) is 15.7. The second-order valence-electron chi connectivity index (χ2n) is 6.23. The van der Waals surface area contributed by atoms with Crippen LogP contribution in [0.2, 0.25) is 0 Å². The Bertz CT molecular complexity index is 718. The molecule has 22 heavy (non-hydrogen) atoms. The maximum atomic E-state index is 3.59. The van der Waals surface area contributed by atoms with Crippen molar-refractivity contribution in [2.24, 2.45) is 0 Å². The summed E-state index contributed by atoms with van der Waals surface area (Å²) in [6, 6.07) is 23.3. The van der Waals surface area contributed by atoms with E-state index in [2.05, 4.69) is 88.4 Å². The summed E-state index contributed by atoms with van der Waals surface area (Å²) in [6.45, 7) is 8.57. The molecule has 1 radical (unpaired) electrons. The van der Waals surface area contributed by atoms with Gasteiger partial charge in [-0.2, -0.15) is 0 Å². The van der Waals surface area contributed by atoms with Gasteiger partial charge in [-0.1, -0.05) is 76.9 Å². The fraction of sp³-hybridized carbons (Fsp3) is 0.182. The van der Waals surface area contributed by atoms with E-state index in [4.69, 9.17) is 0 Å². The molecular formula is C22H21. The third-order valence-corrected chi connectivity index (χ3v) is 3.86. The Morgan fingerprint density at radius 2 is 0.909 bits per heavy atom. The lowest BCUT2D eigenvalue weighted by Gasteiger charge is -2.09. The Morgan fingerprint density at radius 3 is 1.27 bits per heavy atom. The maximum Gasteiger partial charge on any atom is -0.00143 e. The van der Waals surface area contributed by atoms with Crippen molar-refractivity contribution < 1.29 is 0 Å². The highest BCUT2D eigenvalue weighted by atomic mass is 14.1. The Labute approximate surface area is 133 Å². The van der Waals surface area contributed by atoms with Gasteiger partial charge in [0.15, 0.2) is 0 Å². The Hall–Kier alpha value is -2.34. The Morgan fingerprint density at radius 1 is 0.545 bits per heavy atom. The van der Waals surface area contributed by atoms with Crippen molar-refractivity contribution >= 4 is 0 Å². The highest BCUT2D eigenvalue weighted by Crippen LogP contribution is 2.28. The van der Waals surface area contributed by atoms with Gasteiger partial charge < -0.3 is 0 Å². The van der Waals surface area contributed by atoms with Crippen molar-refractivity contribution in [3.8, 4) is 22.3 Å². The number of benzene rings is 3. The highest BCUT2D eigenvalue weighted by Gasteiger charge is 2.04. The van der Waals surface area contributed by atoms with Crippen molar-refractivity contribution in [3.63, 3.8) is 0 Å². The molecule has 0 nitrogen and oxygen atoms in total. The molecule has 0 atom stereocenters. The van der Waals surface area contributed by atoms with Crippen LogP contribution < -0.4 is 0 Å². The van der Waals surface area contributed by atoms with Gasteiger partial charge in [-0.25, -0.2) is 0 Å². The van der Waals surface area contributed by atoms with Gasteiger partial charge in [0.1, 0.15) is 0 Å². The SMILES string of the molecule is Cc1cc(C)cc(-c2[c]c(-c3cc(C)cc(C)c3)ccc2)c1. The fourth-order valence-corrected chi connectivity index (χ4v) is 3.07. The van der Waals surface area contributed by atoms with E-state index >= 15 is 0 Å². The van der Waals surface area contributed by atoms with Gasteiger partial charge in [-0.15, -0.1) is 0 Å². The lowest BCUT2D eigenvalue weighted by atomic mass is 9.95. The molecule has 0 heteroatoms. The molecule has 0 saturated heterocycles. The molecule has 0 spiro atoms. The molecule has 0 unspecified atom stereocenters. The molecule has 0 aliphatic rings. The Kier molecular flexibility index (Phi) is 3.85. The van der Waals surface area contributed by atoms with Crippen molar-refractivity contribution in [2.45, 2.75) is 27.7 Å². The van der Waals surface area contributed by atoms with Crippen LogP contribution in [-0.2, 0) is 0 Å². The number of hydrogen-bond acceptors (Lipinski definition) is 0. The van der Waals surface area contributed by atoms with Crippen molar-refractivity contribution in [2.75, 3.05) is 0 Å². The molecule has 0 bridgehead atoms. The van der Waals surface area contributed by atoms with E-state index in [9.17, 15) is 0 Å². The molecule has 0 heterocycles. The standard InChI is InChI=1S/C22H21/c1-15-8-16(2)11-21(10-15)19-6-5-7-20(14-19)22-12-17(3)9-18(4)13-22/h5-13H,1-4H3. The smallest absolute Gasteiger partial charge is 0.00143 e. The summed E-state index contributed by atoms with van der Waals surface area (Å²) >= 11 is 0. The zero-order valence-corrected chi connectivity index (χ0v) is 13.7. The van der Waals surface area contributed by atoms with Gasteiger partial charge in [0.05, 0.1) is 0 Å². The molecule has 3 aromatic rings. The molecule has 0 N–H and O–H groups in total. The van der Waals surface area contributed by atoms with E-state index in [1.165, 1.54) is 33.4 Å². The van der Waals surface area contributed by atoms with Crippen molar-refractivity contribution in [3.05, 3.63) is 82.9 Å². The Balaban J connectivity index is 2.09. The van der Waals surface area contributed by atoms with Gasteiger partial charge >= 0.3 is 0 Å². The van der Waals surface area contributed by atoms with Gasteiger partial charge in [0, 0.05) is 0 Å². The first-order valence-electron chi connectivity index (χ1n) is 7.71. The van der Waals surface area contributed by atoms with E-state index in [0.717, 1.165) is 11.1 Å². The first kappa shape index (κ1) is 14.6. The quantitative estimate of drug-likeness (QED) is 0.537. The summed E-state index contributed by atoms with van der Waals surface area (Å²) in [5, 5.41) is 0. The van der Waals surface area contributed by atoms with Crippen LogP contribution in [0.25, 0.3) is 22.3 Å². The first-order chi connectivity index (χ1) is 10.5. The van der Waals surface area contributed by atoms with Gasteiger partial charge in [-0.05, 0) is 56.0 Å². The summed E-state index contributed by atoms with van der Waals surface area (Å²) in [5.74, 6) is 0. The van der Waals surface area contributed by atoms with E-state index in [1.807, 2.05) is 0 Å². The van der Waals surface area contributed by atoms with Crippen LogP contribution in [0.15, 0.2) is 54.6 Å². The predicted octanol–water partition coefficient (Wildman–Crippen LogP) is 6.05. The molecule has 3 aromatic carbocycles. The molecule has 0 aliphatic heterocycles. The molecule has 0 aromatic heterocycles. The van der Waals surface area contributed by atoms with Crippen molar-refractivity contribution in [1.29, 1.82) is 0 Å². The van der Waals surface area contributed by atoms with Crippen LogP contribution in [0.4, 0.5) is 0 Å². The zero-order valence-electron chi connectivity index (χ0n) is 13.7. The number of rotatable bonds is 2. The average Bonchev–Trinajstić information content (AvgIpc) is 2.45. The van der Waals surface area contributed by atoms with Crippen LogP contribution in [0.1, 0.15) is 22.3 Å². The second kappa shape index (κ2) is 5.81. The normalized spacial score (nSPS) is 10.7. The van der Waals surface area contributed by atoms with Gasteiger partial charge in [0.2, 0.25) is 0 Å². The van der Waals surface area contributed by atoms with Crippen LogP contribution in [-0.4, -0.2) is 0 Å². The third-order valence-electron chi connectivity index (χ3n) is 3.86. The van der Waals surface area contributed by atoms with E-state index in [0.29, 0.717) is 0 Å². The first-order valence-corrected chi connectivity index (χ1v) is 7.71. The minimum absolute atomic E-state index is 1.16. The number of hydrogen-bond donors (Lipinski definition) is 0. The summed E-state index contributed by atoms with van der Waals surface area (Å²) in [6.07, 6.45) is 0. The minimum Gasteiger partial charge on any atom is -0.0610 e. The van der Waals surface area contributed by atoms with Crippen LogP contribution in [0.3, 0.4) is 0 Å². The second-order valence-corrected chi connectivity index (χ2v) is 6.23. The predicted molar refractivity (Wildman–Crippen MR) is 95.1 cm³/mol. The lowest BCUT2D eigenvalue weighted by molar-refractivity contribution is 1.37. The van der Waals surface area contributed by atoms with Crippen LogP contribution in [0, 0.1) is 33.8 Å². The molecule has 3 rings (SSSR count). The van der Waals surface area contributed by atoms with Gasteiger partial charge in [0.25, 0.3) is 0 Å². The van der Waals surface area contributed by atoms with Gasteiger partial charge in [-0.3, -0.25) is 0 Å². The summed E-state index contributed by atoms with van der Waals surface area (Å²) in [4.78, 5) is 0. The summed E-state index contributed by atoms with van der Waals surface area (Å²) < 4.78 is 0. The molecule has 0 saturated carbocycles. The monoisotopic (exact) mass is 285 g/mol. The number of aryl methyl sites for hydroxylation is 4. The third kappa shape index (κ3) is 3.12. The minimum atomic E-state index is 1.16. The molecule has 0 amide bonds. The molecular weight excluding hydrogens is 264 g/mol. The van der Waals surface area contributed by atoms with Crippen LogP contribution in [0.5, 0.6) is 0 Å². The van der Waals surface area contributed by atoms with E-state index < -0.39 is 0 Å². The largest absolute Gasteiger partial charge is 0.0610 e. The molecule has 0 fully saturated rings. The van der Waals surface area contributed by atoms with E-state index in [1.54, 1.807) is 0 Å². The average molecular weight is 285 g/mol. The fourth-order valence-electron chi connectivity index (χ4n) is 3.07. The van der Waals surface area contributed by atoms with Crippen LogP contribution >= 0.6 is 0 Å². The summed E-state index contributed by atoms with van der Waals surface area (Å²) in [7, 11) is 0. The molecule has 109 valence electrons. The van der Waals surface area contributed by atoms with Crippen molar-refractivity contribution in [1.82, 2.24) is 0 Å².